The summed E-state index contributed by atoms with van der Waals surface area (Å²) in [5.74, 6) is 0.0232. The summed E-state index contributed by atoms with van der Waals surface area (Å²) in [6.07, 6.45) is 16.7. The third-order valence-corrected chi connectivity index (χ3v) is 17.5. The number of halogens is 2. The molecular weight excluding hydrogens is 1370 g/mol. The summed E-state index contributed by atoms with van der Waals surface area (Å²) in [6.45, 7) is 11.4. The molecule has 0 bridgehead atoms. The number of sulfone groups is 1. The first-order valence-electron chi connectivity index (χ1n) is 29.8. The van der Waals surface area contributed by atoms with Crippen LogP contribution in [0, 0.1) is 41.5 Å². The molecule has 0 saturated heterocycles. The van der Waals surface area contributed by atoms with Gasteiger partial charge >= 0.3 is 5.97 Å². The van der Waals surface area contributed by atoms with Gasteiger partial charge in [-0.15, -0.1) is 0 Å². The Morgan fingerprint density at radius 3 is 1.16 bits per heavy atom. The topological polar surface area (TPSA) is 308 Å². The van der Waals surface area contributed by atoms with Crippen LogP contribution in [-0.2, 0) is 9.84 Å². The molecule has 2 amide bonds. The molecule has 0 aliphatic rings. The number of pyridine rings is 3. The van der Waals surface area contributed by atoms with Gasteiger partial charge in [0.2, 0.25) is 17.8 Å². The zero-order chi connectivity index (χ0) is 69.2. The molecule has 0 unspecified atom stereocenters. The van der Waals surface area contributed by atoms with Gasteiger partial charge in [-0.2, -0.15) is 0 Å². The van der Waals surface area contributed by atoms with Crippen LogP contribution in [0.2, 0.25) is 0 Å². The maximum Gasteiger partial charge on any atom is 0.335 e. The van der Waals surface area contributed by atoms with Crippen LogP contribution in [0.4, 0.5) is 52.0 Å². The van der Waals surface area contributed by atoms with Crippen molar-refractivity contribution in [2.75, 3.05) is 38.6 Å². The number of hydrogen-bond acceptors (Lipinski definition) is 18. The number of carbonyl (C=O) groups excluding carboxylic acids is 2. The van der Waals surface area contributed by atoms with E-state index in [0.717, 1.165) is 93.9 Å². The van der Waals surface area contributed by atoms with Crippen LogP contribution in [0.25, 0.3) is 33.8 Å². The van der Waals surface area contributed by atoms with Crippen molar-refractivity contribution in [2.24, 2.45) is 0 Å². The number of aryl methyl sites for hydroxylation is 6. The van der Waals surface area contributed by atoms with Crippen molar-refractivity contribution in [3.8, 4) is 33.8 Å². The Balaban J connectivity index is 0.000000161. The van der Waals surface area contributed by atoms with E-state index < -0.39 is 15.8 Å². The molecule has 0 saturated carbocycles. The van der Waals surface area contributed by atoms with Crippen LogP contribution in [0.1, 0.15) is 64.5 Å². The minimum atomic E-state index is -3.35. The lowest BCUT2D eigenvalue weighted by molar-refractivity contribution is 0.0696. The highest BCUT2D eigenvalue weighted by atomic mass is 79.9. The summed E-state index contributed by atoms with van der Waals surface area (Å²) in [6, 6.07) is 48.8. The highest BCUT2D eigenvalue weighted by Gasteiger charge is 2.16. The van der Waals surface area contributed by atoms with Crippen LogP contribution < -0.4 is 32.3 Å². The van der Waals surface area contributed by atoms with Crippen molar-refractivity contribution < 1.29 is 27.9 Å². The Morgan fingerprint density at radius 1 is 0.423 bits per heavy atom. The SMILES string of the molecule is Cc1cc(C(=O)Nc2ccc(C)c(Nc3nccc(-c4cccnc4)n3)c2)ccc1Br.Cc1cc(C(=O)O)ccc1Br.Cc1ccc(N)cc1Nc1nccc(-c2cccnc2)n1.Cc1ccc(NC(=O)c2ccc(S(C)(=O)=O)c(C)c2)cc1Nc1nccc(-c2cccnc2)n1. The summed E-state index contributed by atoms with van der Waals surface area (Å²) < 4.78 is 25.6. The molecule has 0 aliphatic carbocycles. The van der Waals surface area contributed by atoms with Gasteiger partial charge in [-0.25, -0.2) is 43.1 Å². The predicted octanol–water partition coefficient (Wildman–Crippen LogP) is 16.1. The second kappa shape index (κ2) is 32.6. The average molecular weight is 1440 g/mol. The second-order valence-corrected chi connectivity index (χ2v) is 25.6. The first-order chi connectivity index (χ1) is 46.5. The van der Waals surface area contributed by atoms with Crippen LogP contribution >= 0.6 is 31.9 Å². The van der Waals surface area contributed by atoms with E-state index in [9.17, 15) is 22.8 Å². The van der Waals surface area contributed by atoms with E-state index in [1.54, 1.807) is 105 Å². The molecule has 0 fully saturated rings. The number of anilines is 9. The number of hydrogen-bond donors (Lipinski definition) is 7. The Hall–Kier alpha value is -11.5. The number of nitrogens with one attached hydrogen (secondary N) is 5. The first kappa shape index (κ1) is 69.9. The molecule has 6 heterocycles. The van der Waals surface area contributed by atoms with E-state index in [1.165, 1.54) is 12.1 Å². The molecule has 0 radical (unpaired) electrons. The van der Waals surface area contributed by atoms with Gasteiger partial charge in [-0.3, -0.25) is 24.5 Å². The Bertz CT molecular complexity index is 4930. The van der Waals surface area contributed by atoms with E-state index in [2.05, 4.69) is 103 Å². The van der Waals surface area contributed by atoms with Crippen LogP contribution in [0.5, 0.6) is 0 Å². The fourth-order valence-electron chi connectivity index (χ4n) is 9.26. The number of carbonyl (C=O) groups is 3. The van der Waals surface area contributed by atoms with Gasteiger partial charge in [0.1, 0.15) is 0 Å². The number of aromatic carboxylic acids is 1. The van der Waals surface area contributed by atoms with Gasteiger partial charge in [-0.05, 0) is 221 Å². The van der Waals surface area contributed by atoms with Crippen molar-refractivity contribution in [3.05, 3.63) is 279 Å². The summed E-state index contributed by atoms with van der Waals surface area (Å²) in [4.78, 5) is 75.0. The molecule has 12 aromatic rings. The number of carboxylic acid groups (broad SMARTS) is 1. The van der Waals surface area contributed by atoms with Crippen molar-refractivity contribution >= 4 is 111 Å². The Kier molecular flexibility index (Phi) is 23.5. The normalized spacial score (nSPS) is 10.6. The second-order valence-electron chi connectivity index (χ2n) is 21.9. The lowest BCUT2D eigenvalue weighted by atomic mass is 10.1. The molecule has 12 rings (SSSR count). The molecule has 8 N–H and O–H groups in total. The number of nitrogen functional groups attached to an aromatic ring is 1. The first-order valence-corrected chi connectivity index (χ1v) is 33.3. The number of amides is 2. The van der Waals surface area contributed by atoms with E-state index in [0.29, 0.717) is 57.2 Å². The number of benzene rings is 6. The van der Waals surface area contributed by atoms with E-state index >= 15 is 0 Å². The van der Waals surface area contributed by atoms with Gasteiger partial charge in [0, 0.05) is 133 Å². The van der Waals surface area contributed by atoms with E-state index in [4.69, 9.17) is 10.8 Å². The molecule has 6 aromatic heterocycles. The van der Waals surface area contributed by atoms with Gasteiger partial charge < -0.3 is 37.4 Å². The smallest absolute Gasteiger partial charge is 0.335 e. The molecular formula is C73H65Br2N15O6S. The van der Waals surface area contributed by atoms with E-state index in [1.807, 2.05) is 144 Å². The Labute approximate surface area is 577 Å². The van der Waals surface area contributed by atoms with Crippen molar-refractivity contribution in [2.45, 2.75) is 46.4 Å². The number of rotatable bonds is 15. The van der Waals surface area contributed by atoms with Crippen LogP contribution in [0.15, 0.2) is 233 Å². The fourth-order valence-corrected chi connectivity index (χ4v) is 10.7. The number of carboxylic acids is 1. The van der Waals surface area contributed by atoms with Gasteiger partial charge in [0.25, 0.3) is 11.8 Å². The predicted molar refractivity (Wildman–Crippen MR) is 388 cm³/mol. The third-order valence-electron chi connectivity index (χ3n) is 14.5. The fraction of sp³-hybridized carbons (Fsp3) is 0.0959. The zero-order valence-electron chi connectivity index (χ0n) is 53.5. The standard InChI is InChI=1S/C25H23N5O3S.C24H20BrN5O.C16H15N5.C8H7BrO2/c1-16-6-8-20(28-24(31)18-7-9-23(17(2)13-18)34(3,32)33)14-22(16)30-25-27-12-10-21(29-25)19-5-4-11-26-15-19;1-15-5-7-19(28-23(31)17-6-8-20(25)16(2)12-17)13-22(15)30-24-27-11-9-21(29-24)18-4-3-10-26-14-18;1-11-4-5-13(17)9-15(11)21-16-19-8-6-14(20-16)12-3-2-7-18-10-12;1-5-4-6(8(10)11)2-3-7(5)9/h4-15H,1-3H3,(H,28,31)(H,27,29,30);3-14H,1-2H3,(H,28,31)(H,27,29,30);2-10H,17H2,1H3,(H,19,20,21);2-4H,1H3,(H,10,11). The van der Waals surface area contributed by atoms with E-state index in [-0.39, 0.29) is 16.7 Å². The molecule has 24 heteroatoms. The lowest BCUT2D eigenvalue weighted by Gasteiger charge is -2.13. The zero-order valence-corrected chi connectivity index (χ0v) is 57.5. The molecule has 6 aromatic carbocycles. The molecule has 0 spiro atoms. The van der Waals surface area contributed by atoms with Gasteiger partial charge in [0.15, 0.2) is 9.84 Å². The number of nitrogens with zero attached hydrogens (tertiary/aromatic N) is 9. The van der Waals surface area contributed by atoms with Crippen molar-refractivity contribution in [1.82, 2.24) is 44.9 Å². The average Bonchev–Trinajstić information content (AvgIpc) is 1.19. The highest BCUT2D eigenvalue weighted by molar-refractivity contribution is 9.10. The monoisotopic (exact) mass is 1440 g/mol. The summed E-state index contributed by atoms with van der Waals surface area (Å²) in [5, 5.41) is 24.1. The third kappa shape index (κ3) is 19.8. The van der Waals surface area contributed by atoms with Crippen LogP contribution in [0.3, 0.4) is 0 Å². The summed E-state index contributed by atoms with van der Waals surface area (Å²) >= 11 is 6.74. The Morgan fingerprint density at radius 2 is 0.794 bits per heavy atom. The van der Waals surface area contributed by atoms with Gasteiger partial charge in [-0.1, -0.05) is 50.1 Å². The minimum absolute atomic E-state index is 0.166. The molecule has 97 heavy (non-hydrogen) atoms. The maximum atomic E-state index is 12.8. The lowest BCUT2D eigenvalue weighted by Crippen LogP contribution is -2.13. The van der Waals surface area contributed by atoms with Crippen molar-refractivity contribution in [1.29, 1.82) is 0 Å². The molecule has 21 nitrogen and oxygen atoms in total. The molecule has 488 valence electrons. The summed E-state index contributed by atoms with van der Waals surface area (Å²) in [5.41, 5.74) is 22.1. The minimum Gasteiger partial charge on any atom is -0.478 e. The molecule has 0 atom stereocenters. The summed E-state index contributed by atoms with van der Waals surface area (Å²) in [7, 11) is -3.35. The van der Waals surface area contributed by atoms with Crippen LogP contribution in [-0.4, -0.2) is 82.4 Å². The number of nitrogens with two attached hydrogens (primary N) is 1. The quantitative estimate of drug-likeness (QED) is 0.0469. The van der Waals surface area contributed by atoms with Gasteiger partial charge in [0.05, 0.1) is 27.5 Å². The number of aromatic nitrogens is 9. The highest BCUT2D eigenvalue weighted by Crippen LogP contribution is 2.29. The molecule has 0 aliphatic heterocycles. The van der Waals surface area contributed by atoms with Crippen molar-refractivity contribution in [3.63, 3.8) is 0 Å². The largest absolute Gasteiger partial charge is 0.478 e. The maximum absolute atomic E-state index is 12.8.